The molecule has 0 aliphatic heterocycles. The molecule has 0 amide bonds. The van der Waals surface area contributed by atoms with Crippen LogP contribution < -0.4 is 10.6 Å². The molecule has 2 heterocycles. The summed E-state index contributed by atoms with van der Waals surface area (Å²) in [5.74, 6) is 1.64. The first-order valence-corrected chi connectivity index (χ1v) is 7.46. The number of nitrogens with zero attached hydrogens (tertiary/aromatic N) is 3. The molecule has 104 valence electrons. The molecule has 0 aliphatic rings. The minimum atomic E-state index is 0.712. The molecule has 0 atom stereocenters. The summed E-state index contributed by atoms with van der Waals surface area (Å²) in [5, 5.41) is 9.80. The highest BCUT2D eigenvalue weighted by Crippen LogP contribution is 2.26. The fourth-order valence-electron chi connectivity index (χ4n) is 1.70. The Hall–Kier alpha value is -1.40. The smallest absolute Gasteiger partial charge is 0.226 e. The van der Waals surface area contributed by atoms with Crippen molar-refractivity contribution in [3.8, 4) is 0 Å². The van der Waals surface area contributed by atoms with E-state index in [4.69, 9.17) is 0 Å². The van der Waals surface area contributed by atoms with Gasteiger partial charge in [0, 0.05) is 19.6 Å². The number of fused-ring (bicyclic) bond motifs is 1. The number of thiophene rings is 1. The Morgan fingerprint density at radius 1 is 1.21 bits per heavy atom. The lowest BCUT2D eigenvalue weighted by atomic mass is 10.3. The van der Waals surface area contributed by atoms with Gasteiger partial charge in [0.1, 0.15) is 10.6 Å². The van der Waals surface area contributed by atoms with Gasteiger partial charge in [0.25, 0.3) is 0 Å². The van der Waals surface area contributed by atoms with Crippen LogP contribution in [0.2, 0.25) is 0 Å². The van der Waals surface area contributed by atoms with Crippen molar-refractivity contribution in [2.75, 3.05) is 44.4 Å². The van der Waals surface area contributed by atoms with Crippen molar-refractivity contribution in [2.24, 2.45) is 0 Å². The van der Waals surface area contributed by atoms with Crippen LogP contribution in [0.4, 0.5) is 11.8 Å². The lowest BCUT2D eigenvalue weighted by molar-refractivity contribution is 0.425. The molecule has 2 rings (SSSR count). The molecule has 2 aromatic rings. The maximum Gasteiger partial charge on any atom is 0.226 e. The van der Waals surface area contributed by atoms with E-state index in [1.165, 1.54) is 0 Å². The quantitative estimate of drug-likeness (QED) is 0.815. The molecule has 0 unspecified atom stereocenters. The van der Waals surface area contributed by atoms with E-state index in [1.54, 1.807) is 11.3 Å². The number of nitrogens with one attached hydrogen (secondary N) is 2. The monoisotopic (exact) mass is 279 g/mol. The Kier molecular flexibility index (Phi) is 4.93. The van der Waals surface area contributed by atoms with Gasteiger partial charge in [0.15, 0.2) is 0 Å². The molecule has 0 aromatic carbocycles. The normalized spacial score (nSPS) is 11.2. The SMILES string of the molecule is CCCNc1nc(NCCN(C)C)c2ccsc2n1. The zero-order valence-corrected chi connectivity index (χ0v) is 12.5. The Labute approximate surface area is 118 Å². The Bertz CT molecular complexity index is 523. The van der Waals surface area contributed by atoms with E-state index in [0.717, 1.165) is 42.1 Å². The molecule has 2 N–H and O–H groups in total. The van der Waals surface area contributed by atoms with Gasteiger partial charge in [-0.25, -0.2) is 4.98 Å². The number of hydrogen-bond donors (Lipinski definition) is 2. The summed E-state index contributed by atoms with van der Waals surface area (Å²) in [4.78, 5) is 12.3. The maximum absolute atomic E-state index is 4.56. The summed E-state index contributed by atoms with van der Waals surface area (Å²) < 4.78 is 0. The molecule has 19 heavy (non-hydrogen) atoms. The van der Waals surface area contributed by atoms with Gasteiger partial charge in [-0.1, -0.05) is 6.92 Å². The van der Waals surface area contributed by atoms with Crippen LogP contribution in [-0.2, 0) is 0 Å². The number of rotatable bonds is 7. The van der Waals surface area contributed by atoms with Crippen LogP contribution in [0.25, 0.3) is 10.2 Å². The van der Waals surface area contributed by atoms with Gasteiger partial charge in [-0.2, -0.15) is 4.98 Å². The van der Waals surface area contributed by atoms with E-state index in [-0.39, 0.29) is 0 Å². The van der Waals surface area contributed by atoms with Gasteiger partial charge in [-0.15, -0.1) is 11.3 Å². The molecular formula is C13H21N5S. The lowest BCUT2D eigenvalue weighted by Gasteiger charge is -2.12. The molecule has 0 saturated carbocycles. The van der Waals surface area contributed by atoms with E-state index >= 15 is 0 Å². The Balaban J connectivity index is 2.16. The molecule has 2 aromatic heterocycles. The standard InChI is InChI=1S/C13H21N5S/c1-4-6-15-13-16-11(14-7-8-18(2)3)10-5-9-19-12(10)17-13/h5,9H,4,6-8H2,1-3H3,(H2,14,15,16,17). The average molecular weight is 279 g/mol. The molecule has 0 fully saturated rings. The predicted molar refractivity (Wildman–Crippen MR) is 83.2 cm³/mol. The van der Waals surface area contributed by atoms with E-state index in [9.17, 15) is 0 Å². The molecular weight excluding hydrogens is 258 g/mol. The number of anilines is 2. The third kappa shape index (κ3) is 3.78. The molecule has 0 aliphatic carbocycles. The first-order chi connectivity index (χ1) is 9.20. The van der Waals surface area contributed by atoms with Crippen molar-refractivity contribution in [2.45, 2.75) is 13.3 Å². The van der Waals surface area contributed by atoms with Crippen LogP contribution in [0.5, 0.6) is 0 Å². The van der Waals surface area contributed by atoms with Gasteiger partial charge in [0.2, 0.25) is 5.95 Å². The maximum atomic E-state index is 4.56. The molecule has 0 radical (unpaired) electrons. The first kappa shape index (κ1) is 14.0. The van der Waals surface area contributed by atoms with E-state index < -0.39 is 0 Å². The summed E-state index contributed by atoms with van der Waals surface area (Å²) >= 11 is 1.65. The molecule has 0 bridgehead atoms. The average Bonchev–Trinajstić information content (AvgIpc) is 2.84. The molecule has 0 spiro atoms. The zero-order chi connectivity index (χ0) is 13.7. The Morgan fingerprint density at radius 2 is 2.05 bits per heavy atom. The van der Waals surface area contributed by atoms with Crippen LogP contribution in [0.15, 0.2) is 11.4 Å². The second-order valence-electron chi connectivity index (χ2n) is 4.69. The number of aromatic nitrogens is 2. The van der Waals surface area contributed by atoms with Crippen molar-refractivity contribution in [3.05, 3.63) is 11.4 Å². The summed E-state index contributed by atoms with van der Waals surface area (Å²) in [6, 6.07) is 2.07. The number of hydrogen-bond acceptors (Lipinski definition) is 6. The minimum absolute atomic E-state index is 0.712. The highest BCUT2D eigenvalue weighted by Gasteiger charge is 2.08. The van der Waals surface area contributed by atoms with Gasteiger partial charge >= 0.3 is 0 Å². The van der Waals surface area contributed by atoms with Gasteiger partial charge in [-0.3, -0.25) is 0 Å². The Morgan fingerprint density at radius 3 is 2.79 bits per heavy atom. The zero-order valence-electron chi connectivity index (χ0n) is 11.7. The van der Waals surface area contributed by atoms with E-state index in [1.807, 2.05) is 0 Å². The van der Waals surface area contributed by atoms with Crippen LogP contribution in [0.3, 0.4) is 0 Å². The number of likely N-dealkylation sites (N-methyl/N-ethyl adjacent to an activating group) is 1. The van der Waals surface area contributed by atoms with Crippen molar-refractivity contribution in [3.63, 3.8) is 0 Å². The largest absolute Gasteiger partial charge is 0.368 e. The second kappa shape index (κ2) is 6.68. The van der Waals surface area contributed by atoms with Crippen molar-refractivity contribution >= 4 is 33.3 Å². The van der Waals surface area contributed by atoms with Crippen molar-refractivity contribution in [1.82, 2.24) is 14.9 Å². The third-order valence-corrected chi connectivity index (χ3v) is 3.52. The first-order valence-electron chi connectivity index (χ1n) is 6.58. The minimum Gasteiger partial charge on any atom is -0.368 e. The predicted octanol–water partition coefficient (Wildman–Crippen LogP) is 2.49. The van der Waals surface area contributed by atoms with Crippen LogP contribution in [0.1, 0.15) is 13.3 Å². The van der Waals surface area contributed by atoms with Crippen LogP contribution in [0, 0.1) is 0 Å². The van der Waals surface area contributed by atoms with Gasteiger partial charge in [-0.05, 0) is 32.0 Å². The molecule has 5 nitrogen and oxygen atoms in total. The topological polar surface area (TPSA) is 53.1 Å². The summed E-state index contributed by atoms with van der Waals surface area (Å²) in [6.45, 7) is 4.89. The fraction of sp³-hybridized carbons (Fsp3) is 0.538. The molecule has 0 saturated heterocycles. The summed E-state index contributed by atoms with van der Waals surface area (Å²) in [6.07, 6.45) is 1.06. The second-order valence-corrected chi connectivity index (χ2v) is 5.59. The molecule has 6 heteroatoms. The highest BCUT2D eigenvalue weighted by molar-refractivity contribution is 7.16. The van der Waals surface area contributed by atoms with Gasteiger partial charge < -0.3 is 15.5 Å². The summed E-state index contributed by atoms with van der Waals surface area (Å²) in [5.41, 5.74) is 0. The summed E-state index contributed by atoms with van der Waals surface area (Å²) in [7, 11) is 4.13. The highest BCUT2D eigenvalue weighted by atomic mass is 32.1. The lowest BCUT2D eigenvalue weighted by Crippen LogP contribution is -2.21. The van der Waals surface area contributed by atoms with Crippen LogP contribution >= 0.6 is 11.3 Å². The van der Waals surface area contributed by atoms with E-state index in [2.05, 4.69) is 58.0 Å². The van der Waals surface area contributed by atoms with Crippen molar-refractivity contribution < 1.29 is 0 Å². The fourth-order valence-corrected chi connectivity index (χ4v) is 2.47. The van der Waals surface area contributed by atoms with Crippen molar-refractivity contribution in [1.29, 1.82) is 0 Å². The van der Waals surface area contributed by atoms with Crippen LogP contribution in [-0.4, -0.2) is 48.6 Å². The third-order valence-electron chi connectivity index (χ3n) is 2.71. The van der Waals surface area contributed by atoms with Gasteiger partial charge in [0.05, 0.1) is 5.39 Å². The van der Waals surface area contributed by atoms with E-state index in [0.29, 0.717) is 5.95 Å².